The summed E-state index contributed by atoms with van der Waals surface area (Å²) < 4.78 is 50.8. The molecule has 168 valence electrons. The third-order valence-electron chi connectivity index (χ3n) is 4.06. The highest BCUT2D eigenvalue weighted by atomic mass is 28.3. The van der Waals surface area contributed by atoms with Crippen LogP contribution in [0.3, 0.4) is 0 Å². The third-order valence-corrected chi connectivity index (χ3v) is 5.77. The van der Waals surface area contributed by atoms with Crippen molar-refractivity contribution >= 4 is 14.0 Å². The molecule has 0 saturated heterocycles. The Morgan fingerprint density at radius 1 is 1.27 bits per heavy atom. The molecule has 0 aliphatic rings. The van der Waals surface area contributed by atoms with Gasteiger partial charge in [0.15, 0.2) is 0 Å². The SMILES string of the molecule is CCOC(=O)C(C)(C)CC#Cc1cc(C(F)(F)F)c(=O)n(COCC[Si](C)(C)C)n1. The summed E-state index contributed by atoms with van der Waals surface area (Å²) in [6, 6.07) is 1.42. The molecule has 0 radical (unpaired) electrons. The minimum atomic E-state index is -4.85. The molecular formula is C20H29F3N2O4Si. The number of rotatable bonds is 8. The van der Waals surface area contributed by atoms with E-state index in [1.807, 2.05) is 0 Å². The van der Waals surface area contributed by atoms with E-state index in [2.05, 4.69) is 36.6 Å². The molecule has 1 heterocycles. The molecule has 0 unspecified atom stereocenters. The molecule has 0 fully saturated rings. The van der Waals surface area contributed by atoms with Gasteiger partial charge in [0.05, 0.1) is 12.0 Å². The zero-order valence-electron chi connectivity index (χ0n) is 18.3. The largest absolute Gasteiger partial charge is 0.466 e. The number of hydrogen-bond donors (Lipinski definition) is 0. The van der Waals surface area contributed by atoms with E-state index in [9.17, 15) is 22.8 Å². The lowest BCUT2D eigenvalue weighted by atomic mass is 9.90. The Kier molecular flexibility index (Phi) is 8.86. The van der Waals surface area contributed by atoms with Crippen LogP contribution in [-0.2, 0) is 27.2 Å². The normalized spacial score (nSPS) is 12.3. The van der Waals surface area contributed by atoms with Crippen LogP contribution in [0.15, 0.2) is 10.9 Å². The van der Waals surface area contributed by atoms with Crippen LogP contribution in [0.5, 0.6) is 0 Å². The fourth-order valence-corrected chi connectivity index (χ4v) is 2.93. The fraction of sp³-hybridized carbons (Fsp3) is 0.650. The van der Waals surface area contributed by atoms with Crippen LogP contribution in [0.25, 0.3) is 0 Å². The number of esters is 1. The number of nitrogens with zero attached hydrogens (tertiary/aromatic N) is 2. The molecule has 0 aromatic carbocycles. The van der Waals surface area contributed by atoms with E-state index in [0.717, 1.165) is 6.04 Å². The smallest absolute Gasteiger partial charge is 0.421 e. The number of aromatic nitrogens is 2. The lowest BCUT2D eigenvalue weighted by molar-refractivity contribution is -0.153. The minimum Gasteiger partial charge on any atom is -0.466 e. The standard InChI is InChI=1S/C20H29F3N2O4Si/c1-7-29-18(27)19(2,3)10-8-9-15-13-16(20(21,22)23)17(26)25(24-15)14-28-11-12-30(4,5)6/h13H,7,10-12,14H2,1-6H3. The van der Waals surface area contributed by atoms with E-state index < -0.39 is 43.5 Å². The molecule has 0 amide bonds. The second-order valence-electron chi connectivity index (χ2n) is 8.68. The van der Waals surface area contributed by atoms with Crippen LogP contribution in [0, 0.1) is 17.3 Å². The van der Waals surface area contributed by atoms with Crippen molar-refractivity contribution in [2.45, 2.75) is 65.8 Å². The second kappa shape index (κ2) is 10.3. The Bertz CT molecular complexity index is 862. The average Bonchev–Trinajstić information content (AvgIpc) is 2.59. The predicted octanol–water partition coefficient (Wildman–Crippen LogP) is 3.91. The molecule has 0 aliphatic carbocycles. The van der Waals surface area contributed by atoms with E-state index >= 15 is 0 Å². The summed E-state index contributed by atoms with van der Waals surface area (Å²) in [6.45, 7) is 11.5. The zero-order valence-corrected chi connectivity index (χ0v) is 19.3. The Morgan fingerprint density at radius 3 is 2.43 bits per heavy atom. The molecule has 1 aromatic rings. The topological polar surface area (TPSA) is 70.4 Å². The summed E-state index contributed by atoms with van der Waals surface area (Å²) in [4.78, 5) is 24.0. The summed E-state index contributed by atoms with van der Waals surface area (Å²) in [5, 5.41) is 3.88. The molecule has 0 aliphatic heterocycles. The van der Waals surface area contributed by atoms with Crippen molar-refractivity contribution in [1.82, 2.24) is 9.78 Å². The van der Waals surface area contributed by atoms with Crippen LogP contribution in [0.4, 0.5) is 13.2 Å². The van der Waals surface area contributed by atoms with Crippen LogP contribution in [0.2, 0.25) is 25.7 Å². The number of carbonyl (C=O) groups is 1. The highest BCUT2D eigenvalue weighted by molar-refractivity contribution is 6.76. The van der Waals surface area contributed by atoms with Crippen LogP contribution in [0.1, 0.15) is 38.4 Å². The lowest BCUT2D eigenvalue weighted by Crippen LogP contribution is -2.32. The summed E-state index contributed by atoms with van der Waals surface area (Å²) >= 11 is 0. The number of hydrogen-bond acceptors (Lipinski definition) is 5. The van der Waals surface area contributed by atoms with Crippen molar-refractivity contribution in [2.75, 3.05) is 13.2 Å². The van der Waals surface area contributed by atoms with Crippen molar-refractivity contribution in [3.05, 3.63) is 27.7 Å². The van der Waals surface area contributed by atoms with E-state index in [0.29, 0.717) is 17.4 Å². The van der Waals surface area contributed by atoms with Gasteiger partial charge in [-0.05, 0) is 38.8 Å². The maximum atomic E-state index is 13.3. The van der Waals surface area contributed by atoms with Crippen molar-refractivity contribution in [2.24, 2.45) is 5.41 Å². The molecule has 0 atom stereocenters. The molecule has 6 nitrogen and oxygen atoms in total. The molecule has 0 N–H and O–H groups in total. The van der Waals surface area contributed by atoms with Crippen molar-refractivity contribution in [3.63, 3.8) is 0 Å². The molecule has 0 saturated carbocycles. The maximum Gasteiger partial charge on any atom is 0.421 e. The van der Waals surface area contributed by atoms with Gasteiger partial charge < -0.3 is 9.47 Å². The highest BCUT2D eigenvalue weighted by Gasteiger charge is 2.35. The van der Waals surface area contributed by atoms with Gasteiger partial charge in [-0.1, -0.05) is 25.6 Å². The molecular weight excluding hydrogens is 417 g/mol. The van der Waals surface area contributed by atoms with Crippen molar-refractivity contribution < 1.29 is 27.4 Å². The molecule has 30 heavy (non-hydrogen) atoms. The van der Waals surface area contributed by atoms with Crippen molar-refractivity contribution in [1.29, 1.82) is 0 Å². The van der Waals surface area contributed by atoms with Gasteiger partial charge in [-0.25, -0.2) is 4.68 Å². The number of alkyl halides is 3. The first-order chi connectivity index (χ1) is 13.7. The van der Waals surface area contributed by atoms with E-state index in [1.165, 1.54) is 0 Å². The summed E-state index contributed by atoms with van der Waals surface area (Å²) in [6.07, 6.45) is -4.79. The molecule has 1 rings (SSSR count). The number of carbonyl (C=O) groups excluding carboxylic acids is 1. The fourth-order valence-electron chi connectivity index (χ4n) is 2.18. The first-order valence-electron chi connectivity index (χ1n) is 9.60. The van der Waals surface area contributed by atoms with E-state index in [-0.39, 0.29) is 18.7 Å². The van der Waals surface area contributed by atoms with Gasteiger partial charge in [0.2, 0.25) is 0 Å². The van der Waals surface area contributed by atoms with Crippen LogP contribution >= 0.6 is 0 Å². The number of halogens is 3. The molecule has 10 heteroatoms. The number of ether oxygens (including phenoxy) is 2. The van der Waals surface area contributed by atoms with Gasteiger partial charge in [-0.3, -0.25) is 9.59 Å². The quantitative estimate of drug-likeness (QED) is 0.262. The van der Waals surface area contributed by atoms with E-state index in [4.69, 9.17) is 9.47 Å². The maximum absolute atomic E-state index is 13.3. The lowest BCUT2D eigenvalue weighted by Gasteiger charge is -2.18. The first-order valence-corrected chi connectivity index (χ1v) is 13.3. The molecule has 0 bridgehead atoms. The van der Waals surface area contributed by atoms with Gasteiger partial charge in [0.1, 0.15) is 18.0 Å². The zero-order chi connectivity index (χ0) is 23.2. The van der Waals surface area contributed by atoms with Crippen LogP contribution in [-0.4, -0.2) is 37.0 Å². The highest BCUT2D eigenvalue weighted by Crippen LogP contribution is 2.26. The summed E-state index contributed by atoms with van der Waals surface area (Å²) in [5.74, 6) is 4.72. The molecule has 1 aromatic heterocycles. The average molecular weight is 447 g/mol. The van der Waals surface area contributed by atoms with Crippen LogP contribution < -0.4 is 5.56 Å². The van der Waals surface area contributed by atoms with Gasteiger partial charge in [-0.15, -0.1) is 0 Å². The minimum absolute atomic E-state index is 0.0563. The summed E-state index contributed by atoms with van der Waals surface area (Å²) in [5.41, 5.74) is -3.80. The summed E-state index contributed by atoms with van der Waals surface area (Å²) in [7, 11) is -1.38. The van der Waals surface area contributed by atoms with Gasteiger partial charge >= 0.3 is 12.1 Å². The second-order valence-corrected chi connectivity index (χ2v) is 14.3. The third kappa shape index (κ3) is 8.32. The monoisotopic (exact) mass is 446 g/mol. The van der Waals surface area contributed by atoms with Gasteiger partial charge in [-0.2, -0.15) is 18.3 Å². The van der Waals surface area contributed by atoms with Gasteiger partial charge in [0.25, 0.3) is 5.56 Å². The Morgan fingerprint density at radius 2 is 1.90 bits per heavy atom. The predicted molar refractivity (Wildman–Crippen MR) is 110 cm³/mol. The van der Waals surface area contributed by atoms with Gasteiger partial charge in [0, 0.05) is 21.1 Å². The molecule has 0 spiro atoms. The Hall–Kier alpha value is -2.12. The van der Waals surface area contributed by atoms with E-state index in [1.54, 1.807) is 20.8 Å². The Balaban J connectivity index is 3.10. The first kappa shape index (κ1) is 25.9. The van der Waals surface area contributed by atoms with Crippen molar-refractivity contribution in [3.8, 4) is 11.8 Å². The Labute approximate surface area is 175 Å².